The number of carbonyl (C=O) groups is 3. The van der Waals surface area contributed by atoms with Gasteiger partial charge in [-0.25, -0.2) is 4.79 Å². The molecule has 26 heavy (non-hydrogen) atoms. The average molecular weight is 368 g/mol. The van der Waals surface area contributed by atoms with Crippen LogP contribution in [-0.2, 0) is 23.8 Å². The van der Waals surface area contributed by atoms with Gasteiger partial charge in [-0.3, -0.25) is 24.7 Å². The van der Waals surface area contributed by atoms with Gasteiger partial charge in [-0.2, -0.15) is 0 Å². The third-order valence-electron chi connectivity index (χ3n) is 2.97. The van der Waals surface area contributed by atoms with E-state index in [2.05, 4.69) is 9.72 Å². The van der Waals surface area contributed by atoms with E-state index in [0.717, 1.165) is 19.4 Å². The molecule has 0 bridgehead atoms. The summed E-state index contributed by atoms with van der Waals surface area (Å²) in [5.74, 6) is -4.50. The van der Waals surface area contributed by atoms with Crippen molar-refractivity contribution in [1.29, 1.82) is 0 Å². The molecule has 0 aliphatic carbocycles. The van der Waals surface area contributed by atoms with Crippen molar-refractivity contribution < 1.29 is 33.5 Å². The number of hydrogen-bond acceptors (Lipinski definition) is 9. The molecule has 1 rings (SSSR count). The van der Waals surface area contributed by atoms with Crippen LogP contribution in [0.3, 0.4) is 0 Å². The van der Waals surface area contributed by atoms with E-state index in [-0.39, 0.29) is 12.3 Å². The van der Waals surface area contributed by atoms with E-state index in [0.29, 0.717) is 0 Å². The van der Waals surface area contributed by atoms with Crippen molar-refractivity contribution in [2.75, 3.05) is 13.7 Å². The molecule has 142 valence electrons. The number of pyridine rings is 1. The number of nitrogens with zero attached hydrogens (tertiary/aromatic N) is 2. The number of esters is 3. The van der Waals surface area contributed by atoms with Crippen LogP contribution in [0.25, 0.3) is 0 Å². The molecule has 0 saturated heterocycles. The molecule has 0 aliphatic heterocycles. The maximum Gasteiger partial charge on any atom is 0.345 e. The lowest BCUT2D eigenvalue weighted by Crippen LogP contribution is -2.33. The Balaban J connectivity index is 3.46. The van der Waals surface area contributed by atoms with Crippen LogP contribution >= 0.6 is 0 Å². The topological polar surface area (TPSA) is 135 Å². The molecule has 0 saturated carbocycles. The van der Waals surface area contributed by atoms with Gasteiger partial charge in [0, 0.05) is 0 Å². The Labute approximate surface area is 149 Å². The fourth-order valence-electron chi connectivity index (χ4n) is 1.97. The Morgan fingerprint density at radius 1 is 1.27 bits per heavy atom. The van der Waals surface area contributed by atoms with Gasteiger partial charge in [-0.1, -0.05) is 0 Å². The number of methoxy groups -OCH3 is 1. The summed E-state index contributed by atoms with van der Waals surface area (Å²) in [5.41, 5.74) is -2.18. The molecule has 0 N–H and O–H groups in total. The molecule has 1 heterocycles. The second-order valence-electron chi connectivity index (χ2n) is 6.09. The minimum atomic E-state index is -1.60. The zero-order valence-electron chi connectivity index (χ0n) is 15.1. The number of aromatic nitrogens is 1. The van der Waals surface area contributed by atoms with Crippen LogP contribution in [-0.4, -0.2) is 47.1 Å². The Hall–Kier alpha value is -3.04. The summed E-state index contributed by atoms with van der Waals surface area (Å²) in [6, 6.07) is 0.954. The quantitative estimate of drug-likeness (QED) is 0.242. The van der Waals surface area contributed by atoms with Gasteiger partial charge in [0.25, 0.3) is 0 Å². The first-order chi connectivity index (χ1) is 12.0. The zero-order valence-corrected chi connectivity index (χ0v) is 15.1. The van der Waals surface area contributed by atoms with Crippen LogP contribution in [0, 0.1) is 10.1 Å². The molecule has 10 nitrogen and oxygen atoms in total. The van der Waals surface area contributed by atoms with Crippen molar-refractivity contribution in [2.45, 2.75) is 39.2 Å². The van der Waals surface area contributed by atoms with Crippen molar-refractivity contribution in [1.82, 2.24) is 4.98 Å². The van der Waals surface area contributed by atoms with E-state index in [4.69, 9.17) is 9.47 Å². The lowest BCUT2D eigenvalue weighted by molar-refractivity contribution is -0.385. The molecular formula is C16H20N2O8. The van der Waals surface area contributed by atoms with Gasteiger partial charge in [0.1, 0.15) is 17.4 Å². The highest BCUT2D eigenvalue weighted by Crippen LogP contribution is 2.26. The lowest BCUT2D eigenvalue weighted by Gasteiger charge is -2.23. The summed E-state index contributed by atoms with van der Waals surface area (Å²) in [6.07, 6.45) is 0.776. The molecule has 0 radical (unpaired) electrons. The van der Waals surface area contributed by atoms with Gasteiger partial charge in [0.15, 0.2) is 5.92 Å². The van der Waals surface area contributed by atoms with E-state index in [1.165, 1.54) is 0 Å². The van der Waals surface area contributed by atoms with Crippen LogP contribution < -0.4 is 0 Å². The smallest absolute Gasteiger partial charge is 0.345 e. The average Bonchev–Trinajstić information content (AvgIpc) is 2.52. The Bertz CT molecular complexity index is 723. The van der Waals surface area contributed by atoms with E-state index in [9.17, 15) is 24.5 Å². The van der Waals surface area contributed by atoms with Gasteiger partial charge < -0.3 is 14.2 Å². The molecule has 0 aromatic carbocycles. The summed E-state index contributed by atoms with van der Waals surface area (Å²) >= 11 is 0. The third kappa shape index (κ3) is 5.23. The first-order valence-electron chi connectivity index (χ1n) is 7.64. The molecule has 0 fully saturated rings. The molecule has 0 amide bonds. The van der Waals surface area contributed by atoms with E-state index in [1.54, 1.807) is 27.7 Å². The van der Waals surface area contributed by atoms with Gasteiger partial charge in [-0.15, -0.1) is 0 Å². The largest absolute Gasteiger partial charge is 0.465 e. The standard InChI is InChI=1S/C16H20N2O8/c1-6-25-14(20)12(15(21)26-16(2,3)4)10-7-9(13(19)24-5)11(8-17-10)18(22)23/h7-8,12H,6H2,1-5H3. The fraction of sp³-hybridized carbons (Fsp3) is 0.500. The summed E-state index contributed by atoms with van der Waals surface area (Å²) in [5, 5.41) is 11.1. The molecule has 10 heteroatoms. The summed E-state index contributed by atoms with van der Waals surface area (Å²) in [7, 11) is 1.04. The lowest BCUT2D eigenvalue weighted by atomic mass is 10.0. The Morgan fingerprint density at radius 3 is 2.35 bits per heavy atom. The van der Waals surface area contributed by atoms with Gasteiger partial charge in [0.05, 0.1) is 24.3 Å². The number of carbonyl (C=O) groups excluding carboxylic acids is 3. The van der Waals surface area contributed by atoms with Crippen molar-refractivity contribution in [2.24, 2.45) is 0 Å². The van der Waals surface area contributed by atoms with Crippen LogP contribution in [0.5, 0.6) is 0 Å². The molecule has 0 aliphatic rings. The number of nitro groups is 1. The van der Waals surface area contributed by atoms with Gasteiger partial charge >= 0.3 is 23.6 Å². The summed E-state index contributed by atoms with van der Waals surface area (Å²) < 4.78 is 14.6. The van der Waals surface area contributed by atoms with Crippen molar-refractivity contribution >= 4 is 23.6 Å². The maximum absolute atomic E-state index is 12.4. The summed E-state index contributed by atoms with van der Waals surface area (Å²) in [6.45, 7) is 6.37. The second kappa shape index (κ2) is 8.37. The SMILES string of the molecule is CCOC(=O)C(C(=O)OC(C)(C)C)c1cc(C(=O)OC)c([N+](=O)[O-])cn1. The summed E-state index contributed by atoms with van der Waals surface area (Å²) in [4.78, 5) is 50.5. The van der Waals surface area contributed by atoms with E-state index < -0.39 is 45.6 Å². The second-order valence-corrected chi connectivity index (χ2v) is 6.09. The highest BCUT2D eigenvalue weighted by atomic mass is 16.6. The molecule has 1 aromatic rings. The van der Waals surface area contributed by atoms with Crippen LogP contribution in [0.15, 0.2) is 12.3 Å². The van der Waals surface area contributed by atoms with Crippen molar-refractivity contribution in [3.05, 3.63) is 33.6 Å². The predicted octanol–water partition coefficient (Wildman–Crippen LogP) is 1.76. The van der Waals surface area contributed by atoms with E-state index >= 15 is 0 Å². The highest BCUT2D eigenvalue weighted by Gasteiger charge is 2.37. The molecule has 1 aromatic heterocycles. The predicted molar refractivity (Wildman–Crippen MR) is 87.4 cm³/mol. The molecule has 1 atom stereocenters. The first kappa shape index (κ1) is 21.0. The fourth-order valence-corrected chi connectivity index (χ4v) is 1.97. The van der Waals surface area contributed by atoms with Crippen molar-refractivity contribution in [3.63, 3.8) is 0 Å². The minimum Gasteiger partial charge on any atom is -0.465 e. The minimum absolute atomic E-state index is 0.00499. The normalized spacial score (nSPS) is 12.0. The number of rotatable bonds is 6. The maximum atomic E-state index is 12.4. The first-order valence-corrected chi connectivity index (χ1v) is 7.64. The zero-order chi connectivity index (χ0) is 20.1. The van der Waals surface area contributed by atoms with Gasteiger partial charge in [-0.05, 0) is 33.8 Å². The van der Waals surface area contributed by atoms with Crippen LogP contribution in [0.2, 0.25) is 0 Å². The third-order valence-corrected chi connectivity index (χ3v) is 2.97. The molecule has 1 unspecified atom stereocenters. The van der Waals surface area contributed by atoms with Crippen LogP contribution in [0.1, 0.15) is 49.7 Å². The monoisotopic (exact) mass is 368 g/mol. The Morgan fingerprint density at radius 2 is 1.88 bits per heavy atom. The van der Waals surface area contributed by atoms with Crippen molar-refractivity contribution in [3.8, 4) is 0 Å². The number of ether oxygens (including phenoxy) is 3. The molecular weight excluding hydrogens is 348 g/mol. The van der Waals surface area contributed by atoms with Gasteiger partial charge in [0.2, 0.25) is 0 Å². The highest BCUT2D eigenvalue weighted by molar-refractivity contribution is 6.01. The van der Waals surface area contributed by atoms with E-state index in [1.807, 2.05) is 0 Å². The number of hydrogen-bond donors (Lipinski definition) is 0. The van der Waals surface area contributed by atoms with Crippen LogP contribution in [0.4, 0.5) is 5.69 Å². The Kier molecular flexibility index (Phi) is 6.76. The molecule has 0 spiro atoms.